The lowest BCUT2D eigenvalue weighted by Crippen LogP contribution is -1.97. The molecule has 0 saturated heterocycles. The average molecular weight is 717 g/mol. The number of rotatable bonds is 5. The number of para-hydroxylation sites is 6. The molecule has 4 aromatic heterocycles. The van der Waals surface area contributed by atoms with Crippen molar-refractivity contribution >= 4 is 55.7 Å². The second-order valence-corrected chi connectivity index (χ2v) is 14.3. The molecule has 0 fully saturated rings. The number of hydrogen-bond acceptors (Lipinski definition) is 2. The van der Waals surface area contributed by atoms with E-state index in [1.807, 2.05) is 0 Å². The molecular weight excluding hydrogens is 685 g/mol. The van der Waals surface area contributed by atoms with Gasteiger partial charge in [0.15, 0.2) is 0 Å². The molecule has 6 nitrogen and oxygen atoms in total. The van der Waals surface area contributed by atoms with Crippen LogP contribution in [-0.4, -0.2) is 27.9 Å². The van der Waals surface area contributed by atoms with Crippen LogP contribution >= 0.6 is 0 Å². The summed E-state index contributed by atoms with van der Waals surface area (Å²) < 4.78 is 9.25. The summed E-state index contributed by atoms with van der Waals surface area (Å²) in [5.41, 5.74) is 17.4. The van der Waals surface area contributed by atoms with Gasteiger partial charge in [0.25, 0.3) is 0 Å². The predicted molar refractivity (Wildman–Crippen MR) is 229 cm³/mol. The zero-order valence-corrected chi connectivity index (χ0v) is 30.2. The molecule has 0 spiro atoms. The average Bonchev–Trinajstić information content (AvgIpc) is 4.00. The van der Waals surface area contributed by atoms with Crippen LogP contribution in [0.25, 0.3) is 100 Å². The summed E-state index contributed by atoms with van der Waals surface area (Å²) in [7, 11) is 0. The van der Waals surface area contributed by atoms with E-state index in [0.717, 1.165) is 100 Å². The van der Waals surface area contributed by atoms with Crippen LogP contribution in [0.15, 0.2) is 194 Å². The van der Waals surface area contributed by atoms with Gasteiger partial charge in [0, 0.05) is 11.4 Å². The number of fused-ring (bicyclic) bond motifs is 10. The number of imidazole rings is 4. The Labute approximate surface area is 321 Å². The first-order valence-electron chi connectivity index (χ1n) is 18.9. The molecule has 0 unspecified atom stereocenters. The normalized spacial score (nSPS) is 11.9. The Kier molecular flexibility index (Phi) is 6.53. The third-order valence-electron chi connectivity index (χ3n) is 11.2. The highest BCUT2D eigenvalue weighted by atomic mass is 15.2. The van der Waals surface area contributed by atoms with Gasteiger partial charge >= 0.3 is 0 Å². The zero-order chi connectivity index (χ0) is 36.7. The molecule has 0 bridgehead atoms. The fraction of sp³-hybridized carbons (Fsp3) is 0. The highest BCUT2D eigenvalue weighted by Gasteiger charge is 2.25. The third-order valence-corrected chi connectivity index (χ3v) is 11.2. The minimum Gasteiger partial charge on any atom is -0.278 e. The maximum Gasteiger partial charge on any atom is 0.220 e. The maximum atomic E-state index is 5.24. The lowest BCUT2D eigenvalue weighted by molar-refractivity contribution is 1.11. The van der Waals surface area contributed by atoms with Gasteiger partial charge in [-0.25, -0.2) is 9.97 Å². The summed E-state index contributed by atoms with van der Waals surface area (Å²) in [6.07, 6.45) is 0. The fourth-order valence-corrected chi connectivity index (χ4v) is 8.71. The monoisotopic (exact) mass is 716 g/mol. The highest BCUT2D eigenvalue weighted by Crippen LogP contribution is 2.45. The number of hydrogen-bond donors (Lipinski definition) is 0. The SMILES string of the molecule is c1ccc(-c2cc3c(cc2-c2cc4c(cc2-c2ccccc2)n(-c2ccccc2)c2nc5ccccc5n42)n2c4ccccc4nc2n3-c2ccccc2)cc1. The molecule has 0 radical (unpaired) electrons. The first-order valence-corrected chi connectivity index (χ1v) is 18.9. The smallest absolute Gasteiger partial charge is 0.220 e. The minimum absolute atomic E-state index is 0.883. The van der Waals surface area contributed by atoms with Gasteiger partial charge in [-0.15, -0.1) is 0 Å². The number of aromatic nitrogens is 6. The molecule has 8 aromatic carbocycles. The number of benzene rings is 8. The van der Waals surface area contributed by atoms with E-state index in [1.165, 1.54) is 0 Å². The van der Waals surface area contributed by atoms with Crippen molar-refractivity contribution in [3.8, 4) is 44.8 Å². The summed E-state index contributed by atoms with van der Waals surface area (Å²) in [6.45, 7) is 0. The summed E-state index contributed by atoms with van der Waals surface area (Å²) in [5.74, 6) is 1.77. The molecule has 0 amide bonds. The molecule has 4 heterocycles. The predicted octanol–water partition coefficient (Wildman–Crippen LogP) is 12.2. The van der Waals surface area contributed by atoms with Crippen LogP contribution in [-0.2, 0) is 0 Å². The highest BCUT2D eigenvalue weighted by molar-refractivity contribution is 6.05. The van der Waals surface area contributed by atoms with Crippen molar-refractivity contribution in [2.24, 2.45) is 0 Å². The van der Waals surface area contributed by atoms with Gasteiger partial charge in [-0.05, 0) is 106 Å². The number of nitrogens with zero attached hydrogens (tertiary/aromatic N) is 6. The van der Waals surface area contributed by atoms with E-state index >= 15 is 0 Å². The van der Waals surface area contributed by atoms with Gasteiger partial charge in [-0.1, -0.05) is 121 Å². The van der Waals surface area contributed by atoms with Gasteiger partial charge in [-0.3, -0.25) is 17.9 Å². The molecule has 56 heavy (non-hydrogen) atoms. The molecule has 12 aromatic rings. The second kappa shape index (κ2) is 11.9. The molecule has 0 aliphatic rings. The van der Waals surface area contributed by atoms with Crippen LogP contribution in [0, 0.1) is 0 Å². The molecule has 262 valence electrons. The van der Waals surface area contributed by atoms with E-state index in [0.29, 0.717) is 0 Å². The van der Waals surface area contributed by atoms with E-state index in [1.54, 1.807) is 0 Å². The summed E-state index contributed by atoms with van der Waals surface area (Å²) >= 11 is 0. The Morgan fingerprint density at radius 2 is 0.625 bits per heavy atom. The summed E-state index contributed by atoms with van der Waals surface area (Å²) in [4.78, 5) is 10.5. The van der Waals surface area contributed by atoms with Crippen molar-refractivity contribution in [3.63, 3.8) is 0 Å². The Bertz CT molecular complexity index is 3210. The van der Waals surface area contributed by atoms with E-state index < -0.39 is 0 Å². The van der Waals surface area contributed by atoms with Gasteiger partial charge in [-0.2, -0.15) is 0 Å². The molecule has 0 N–H and O–H groups in total. The van der Waals surface area contributed by atoms with E-state index in [2.05, 4.69) is 212 Å². The van der Waals surface area contributed by atoms with Crippen molar-refractivity contribution in [1.29, 1.82) is 0 Å². The Morgan fingerprint density at radius 1 is 0.286 bits per heavy atom. The largest absolute Gasteiger partial charge is 0.278 e. The zero-order valence-electron chi connectivity index (χ0n) is 30.2. The standard InChI is InChI=1S/C50H32N6/c1-5-17-33(18-6-1)37-29-45-47(55-43-27-15-13-25-41(43)51-49(55)53(45)35-21-9-3-10-22-35)31-39(37)40-32-48-46(30-38(40)34-19-7-2-8-20-34)54(36-23-11-4-12-24-36)50-52-42-26-14-16-28-44(42)56(48)50/h1-32H. The van der Waals surface area contributed by atoms with Crippen LogP contribution in [0.3, 0.4) is 0 Å². The van der Waals surface area contributed by atoms with E-state index in [4.69, 9.17) is 9.97 Å². The van der Waals surface area contributed by atoms with Crippen molar-refractivity contribution in [3.05, 3.63) is 194 Å². The van der Waals surface area contributed by atoms with E-state index in [9.17, 15) is 0 Å². The van der Waals surface area contributed by atoms with Gasteiger partial charge in [0.2, 0.25) is 11.6 Å². The fourth-order valence-electron chi connectivity index (χ4n) is 8.71. The second-order valence-electron chi connectivity index (χ2n) is 14.3. The summed E-state index contributed by atoms with van der Waals surface area (Å²) in [6, 6.07) is 69.1. The lowest BCUT2D eigenvalue weighted by Gasteiger charge is -2.17. The Hall–Kier alpha value is -7.70. The van der Waals surface area contributed by atoms with Gasteiger partial charge in [0.05, 0.1) is 44.1 Å². The maximum absolute atomic E-state index is 5.24. The van der Waals surface area contributed by atoms with Crippen LogP contribution in [0.5, 0.6) is 0 Å². The quantitative estimate of drug-likeness (QED) is 0.178. The molecule has 0 aliphatic carbocycles. The summed E-state index contributed by atoms with van der Waals surface area (Å²) in [5, 5.41) is 0. The van der Waals surface area contributed by atoms with Crippen molar-refractivity contribution in [1.82, 2.24) is 27.9 Å². The Balaban J connectivity index is 1.27. The molecule has 0 saturated carbocycles. The van der Waals surface area contributed by atoms with Crippen molar-refractivity contribution in [2.75, 3.05) is 0 Å². The molecule has 12 rings (SSSR count). The molecular formula is C50H32N6. The minimum atomic E-state index is 0.883. The first kappa shape index (κ1) is 30.7. The third kappa shape index (κ3) is 4.44. The van der Waals surface area contributed by atoms with E-state index in [-0.39, 0.29) is 0 Å². The van der Waals surface area contributed by atoms with Crippen molar-refractivity contribution in [2.45, 2.75) is 0 Å². The first-order chi connectivity index (χ1) is 27.8. The molecule has 0 atom stereocenters. The molecule has 6 heteroatoms. The van der Waals surface area contributed by atoms with Crippen LogP contribution in [0.2, 0.25) is 0 Å². The molecule has 0 aliphatic heterocycles. The topological polar surface area (TPSA) is 44.5 Å². The lowest BCUT2D eigenvalue weighted by atomic mass is 9.88. The van der Waals surface area contributed by atoms with Gasteiger partial charge in [0.1, 0.15) is 0 Å². The van der Waals surface area contributed by atoms with Crippen LogP contribution in [0.4, 0.5) is 0 Å². The van der Waals surface area contributed by atoms with Crippen LogP contribution in [0.1, 0.15) is 0 Å². The Morgan fingerprint density at radius 3 is 1.04 bits per heavy atom. The van der Waals surface area contributed by atoms with Crippen LogP contribution < -0.4 is 0 Å². The van der Waals surface area contributed by atoms with Crippen molar-refractivity contribution < 1.29 is 0 Å². The van der Waals surface area contributed by atoms with Gasteiger partial charge < -0.3 is 0 Å².